The van der Waals surface area contributed by atoms with Crippen LogP contribution in [0.3, 0.4) is 0 Å². The Hall–Kier alpha value is -2.23. The van der Waals surface area contributed by atoms with Crippen molar-refractivity contribution in [2.24, 2.45) is 0 Å². The van der Waals surface area contributed by atoms with Gasteiger partial charge < -0.3 is 15.3 Å². The molecular weight excluding hydrogens is 220 g/mol. The summed E-state index contributed by atoms with van der Waals surface area (Å²) in [4.78, 5) is 10.9. The van der Waals surface area contributed by atoms with Crippen LogP contribution in [0.15, 0.2) is 36.4 Å². The van der Waals surface area contributed by atoms with E-state index >= 15 is 0 Å². The monoisotopic (exact) mass is 234 g/mol. The van der Waals surface area contributed by atoms with Gasteiger partial charge in [-0.2, -0.15) is 0 Å². The summed E-state index contributed by atoms with van der Waals surface area (Å²) in [6, 6.07) is 2.44. The first kappa shape index (κ1) is 12.8. The van der Waals surface area contributed by atoms with Crippen LogP contribution in [-0.2, 0) is 6.42 Å². The van der Waals surface area contributed by atoms with Crippen molar-refractivity contribution in [1.29, 1.82) is 0 Å². The second-order valence-electron chi connectivity index (χ2n) is 3.42. The van der Waals surface area contributed by atoms with E-state index in [-0.39, 0.29) is 29.0 Å². The Balaban J connectivity index is 3.10. The lowest BCUT2D eigenvalue weighted by Crippen LogP contribution is -2.02. The van der Waals surface area contributed by atoms with Gasteiger partial charge in [-0.3, -0.25) is 0 Å². The first-order valence-corrected chi connectivity index (χ1v) is 5.12. The van der Waals surface area contributed by atoms with Gasteiger partial charge in [0.15, 0.2) is 11.5 Å². The zero-order valence-corrected chi connectivity index (χ0v) is 9.42. The molecule has 0 aliphatic rings. The lowest BCUT2D eigenvalue weighted by Gasteiger charge is -2.07. The first-order valence-electron chi connectivity index (χ1n) is 5.12. The maximum Gasteiger partial charge on any atom is 0.336 e. The molecule has 0 fully saturated rings. The molecule has 4 heteroatoms. The first-order chi connectivity index (χ1) is 8.07. The molecule has 17 heavy (non-hydrogen) atoms. The predicted octanol–water partition coefficient (Wildman–Crippen LogP) is 2.47. The zero-order valence-electron chi connectivity index (χ0n) is 9.42. The van der Waals surface area contributed by atoms with Crippen LogP contribution in [0.4, 0.5) is 0 Å². The van der Waals surface area contributed by atoms with Crippen molar-refractivity contribution in [3.05, 3.63) is 47.6 Å². The van der Waals surface area contributed by atoms with Gasteiger partial charge in [0.05, 0.1) is 5.56 Å². The molecule has 0 aromatic heterocycles. The highest BCUT2D eigenvalue weighted by molar-refractivity contribution is 5.90. The van der Waals surface area contributed by atoms with Gasteiger partial charge in [0.1, 0.15) is 0 Å². The van der Waals surface area contributed by atoms with Crippen molar-refractivity contribution in [3.8, 4) is 11.5 Å². The van der Waals surface area contributed by atoms with Crippen molar-refractivity contribution >= 4 is 5.97 Å². The molecule has 0 unspecified atom stereocenters. The molecule has 0 heterocycles. The predicted molar refractivity (Wildman–Crippen MR) is 64.4 cm³/mol. The Morgan fingerprint density at radius 3 is 2.59 bits per heavy atom. The molecule has 3 N–H and O–H groups in total. The van der Waals surface area contributed by atoms with Crippen LogP contribution >= 0.6 is 0 Å². The number of hydrogen-bond acceptors (Lipinski definition) is 3. The Labute approximate surface area is 99.2 Å². The van der Waals surface area contributed by atoms with E-state index in [0.29, 0.717) is 0 Å². The van der Waals surface area contributed by atoms with Crippen molar-refractivity contribution in [1.82, 2.24) is 0 Å². The minimum atomic E-state index is -1.13. The summed E-state index contributed by atoms with van der Waals surface area (Å²) in [5, 5.41) is 27.9. The van der Waals surface area contributed by atoms with Crippen LogP contribution in [0.2, 0.25) is 0 Å². The average Bonchev–Trinajstić information content (AvgIpc) is 2.29. The van der Waals surface area contributed by atoms with E-state index in [9.17, 15) is 15.0 Å². The summed E-state index contributed by atoms with van der Waals surface area (Å²) in [5.74, 6) is -1.82. The van der Waals surface area contributed by atoms with E-state index in [2.05, 4.69) is 0 Å². The molecule has 1 aromatic rings. The summed E-state index contributed by atoms with van der Waals surface area (Å²) in [5.41, 5.74) is 0.198. The quantitative estimate of drug-likeness (QED) is 0.552. The van der Waals surface area contributed by atoms with Gasteiger partial charge in [-0.1, -0.05) is 24.3 Å². The minimum Gasteiger partial charge on any atom is -0.504 e. The second-order valence-corrected chi connectivity index (χ2v) is 3.42. The number of allylic oxidation sites excluding steroid dienone is 4. The fraction of sp³-hybridized carbons (Fsp3) is 0.154. The van der Waals surface area contributed by atoms with Crippen LogP contribution in [0.5, 0.6) is 11.5 Å². The Bertz CT molecular complexity index is 473. The molecule has 4 nitrogen and oxygen atoms in total. The average molecular weight is 234 g/mol. The third-order valence-electron chi connectivity index (χ3n) is 2.25. The molecule has 0 aliphatic heterocycles. The molecule has 0 atom stereocenters. The van der Waals surface area contributed by atoms with E-state index in [4.69, 9.17) is 5.11 Å². The number of rotatable bonds is 4. The molecular formula is C13H14O4. The number of carboxylic acids is 1. The molecule has 0 radical (unpaired) electrons. The topological polar surface area (TPSA) is 77.8 Å². The highest BCUT2D eigenvalue weighted by atomic mass is 16.4. The highest BCUT2D eigenvalue weighted by Gasteiger charge is 2.15. The number of carboxylic acid groups (broad SMARTS) is 1. The van der Waals surface area contributed by atoms with Gasteiger partial charge in [0.2, 0.25) is 0 Å². The number of phenolic OH excluding ortho intramolecular Hbond substituents is 2. The molecule has 90 valence electrons. The number of aromatic hydroxyl groups is 2. The maximum absolute atomic E-state index is 10.9. The lowest BCUT2D eigenvalue weighted by atomic mass is 10.0. The smallest absolute Gasteiger partial charge is 0.336 e. The van der Waals surface area contributed by atoms with Crippen molar-refractivity contribution in [2.45, 2.75) is 13.3 Å². The minimum absolute atomic E-state index is 0.00886. The van der Waals surface area contributed by atoms with E-state index in [0.717, 1.165) is 6.07 Å². The number of hydrogen-bond donors (Lipinski definition) is 3. The molecule has 0 bridgehead atoms. The number of phenols is 2. The number of aromatic carboxylic acids is 1. The van der Waals surface area contributed by atoms with Crippen LogP contribution in [-0.4, -0.2) is 21.3 Å². The van der Waals surface area contributed by atoms with Gasteiger partial charge >= 0.3 is 5.97 Å². The van der Waals surface area contributed by atoms with E-state index < -0.39 is 5.97 Å². The van der Waals surface area contributed by atoms with Gasteiger partial charge in [-0.15, -0.1) is 0 Å². The molecule has 0 amide bonds. The lowest BCUT2D eigenvalue weighted by molar-refractivity contribution is 0.0695. The van der Waals surface area contributed by atoms with Crippen molar-refractivity contribution in [3.63, 3.8) is 0 Å². The summed E-state index contributed by atoms with van der Waals surface area (Å²) in [6.45, 7) is 1.86. The normalized spacial score (nSPS) is 11.4. The highest BCUT2D eigenvalue weighted by Crippen LogP contribution is 2.31. The van der Waals surface area contributed by atoms with E-state index in [1.807, 2.05) is 13.0 Å². The summed E-state index contributed by atoms with van der Waals surface area (Å²) in [6.07, 6.45) is 7.32. The number of benzene rings is 1. The third kappa shape index (κ3) is 3.11. The summed E-state index contributed by atoms with van der Waals surface area (Å²) >= 11 is 0. The molecule has 0 spiro atoms. The van der Waals surface area contributed by atoms with Gasteiger partial charge in [-0.05, 0) is 25.5 Å². The van der Waals surface area contributed by atoms with Crippen molar-refractivity contribution in [2.75, 3.05) is 0 Å². The molecule has 0 aliphatic carbocycles. The maximum atomic E-state index is 10.9. The zero-order chi connectivity index (χ0) is 12.8. The SMILES string of the molecule is CC=CC=CCc1c(C(=O)O)ccc(O)c1O. The van der Waals surface area contributed by atoms with E-state index in [1.165, 1.54) is 6.07 Å². The second kappa shape index (κ2) is 5.75. The Morgan fingerprint density at radius 1 is 1.29 bits per heavy atom. The van der Waals surface area contributed by atoms with Crippen LogP contribution in [0.1, 0.15) is 22.8 Å². The van der Waals surface area contributed by atoms with Crippen LogP contribution in [0.25, 0.3) is 0 Å². The van der Waals surface area contributed by atoms with Crippen LogP contribution in [0, 0.1) is 0 Å². The molecule has 1 aromatic carbocycles. The summed E-state index contributed by atoms with van der Waals surface area (Å²) < 4.78 is 0. The Kier molecular flexibility index (Phi) is 4.34. The number of carbonyl (C=O) groups is 1. The van der Waals surface area contributed by atoms with Gasteiger partial charge in [0, 0.05) is 5.56 Å². The third-order valence-corrected chi connectivity index (χ3v) is 2.25. The molecule has 0 saturated heterocycles. The van der Waals surface area contributed by atoms with Crippen molar-refractivity contribution < 1.29 is 20.1 Å². The fourth-order valence-corrected chi connectivity index (χ4v) is 1.41. The van der Waals surface area contributed by atoms with E-state index in [1.54, 1.807) is 18.2 Å². The molecule has 1 rings (SSSR count). The van der Waals surface area contributed by atoms with Crippen LogP contribution < -0.4 is 0 Å². The van der Waals surface area contributed by atoms with Gasteiger partial charge in [-0.25, -0.2) is 4.79 Å². The fourth-order valence-electron chi connectivity index (χ4n) is 1.41. The molecule has 0 saturated carbocycles. The Morgan fingerprint density at radius 2 is 2.00 bits per heavy atom. The standard InChI is InChI=1S/C13H14O4/c1-2-3-4-5-6-9-10(13(16)17)7-8-11(14)12(9)15/h2-5,7-8,14-15H,6H2,1H3,(H,16,17). The largest absolute Gasteiger partial charge is 0.504 e. The van der Waals surface area contributed by atoms with Gasteiger partial charge in [0.25, 0.3) is 0 Å². The summed E-state index contributed by atoms with van der Waals surface area (Å²) in [7, 11) is 0.